The van der Waals surface area contributed by atoms with Crippen molar-refractivity contribution in [3.05, 3.63) is 0 Å². The number of primary amides is 1. The third-order valence-corrected chi connectivity index (χ3v) is 1.82. The van der Waals surface area contributed by atoms with Gasteiger partial charge in [-0.3, -0.25) is 4.79 Å². The quantitative estimate of drug-likeness (QED) is 0.527. The van der Waals surface area contributed by atoms with E-state index in [0.717, 1.165) is 0 Å². The molecule has 0 heterocycles. The van der Waals surface area contributed by atoms with Crippen LogP contribution in [0, 0.1) is 0 Å². The molecule has 0 bridgehead atoms. The molecule has 0 aromatic rings. The molecule has 0 radical (unpaired) electrons. The minimum atomic E-state index is -0.838. The highest BCUT2D eigenvalue weighted by Crippen LogP contribution is 2.00. The summed E-state index contributed by atoms with van der Waals surface area (Å²) in [6, 6.07) is 0. The lowest BCUT2D eigenvalue weighted by molar-refractivity contribution is -0.126. The second-order valence-electron chi connectivity index (χ2n) is 3.58. The van der Waals surface area contributed by atoms with Gasteiger partial charge in [-0.05, 0) is 20.4 Å². The first kappa shape index (κ1) is 13.7. The lowest BCUT2D eigenvalue weighted by Gasteiger charge is -2.24. The van der Waals surface area contributed by atoms with Gasteiger partial charge in [-0.25, -0.2) is 4.79 Å². The zero-order valence-corrected chi connectivity index (χ0v) is 9.42. The third kappa shape index (κ3) is 5.90. The molecule has 88 valence electrons. The van der Waals surface area contributed by atoms with Crippen molar-refractivity contribution in [3.8, 4) is 0 Å². The second kappa shape index (κ2) is 6.23. The molecule has 0 rings (SSSR count). The van der Waals surface area contributed by atoms with Crippen molar-refractivity contribution >= 4 is 12.0 Å². The van der Waals surface area contributed by atoms with Gasteiger partial charge in [-0.2, -0.15) is 0 Å². The van der Waals surface area contributed by atoms with E-state index >= 15 is 0 Å². The molecule has 15 heavy (non-hydrogen) atoms. The molecule has 0 aliphatic carbocycles. The molecule has 0 aromatic heterocycles. The maximum absolute atomic E-state index is 11.6. The fourth-order valence-corrected chi connectivity index (χ4v) is 1.06. The van der Waals surface area contributed by atoms with Crippen LogP contribution in [0.1, 0.15) is 20.8 Å². The summed E-state index contributed by atoms with van der Waals surface area (Å²) < 4.78 is 4.47. The highest BCUT2D eigenvalue weighted by atomic mass is 16.5. The van der Waals surface area contributed by atoms with Gasteiger partial charge in [0.2, 0.25) is 5.91 Å². The summed E-state index contributed by atoms with van der Waals surface area (Å²) >= 11 is 0. The van der Waals surface area contributed by atoms with Gasteiger partial charge in [0.1, 0.15) is 6.61 Å². The Morgan fingerprint density at radius 1 is 1.40 bits per heavy atom. The van der Waals surface area contributed by atoms with E-state index in [1.54, 1.807) is 13.8 Å². The van der Waals surface area contributed by atoms with Crippen LogP contribution in [0.5, 0.6) is 0 Å². The Bertz CT molecular complexity index is 229. The number of carbonyl (C=O) groups is 2. The summed E-state index contributed by atoms with van der Waals surface area (Å²) in [5.41, 5.74) is 4.13. The van der Waals surface area contributed by atoms with E-state index in [1.165, 1.54) is 0 Å². The Hall–Kier alpha value is -1.30. The lowest BCUT2D eigenvalue weighted by Crippen LogP contribution is -2.53. The van der Waals surface area contributed by atoms with Gasteiger partial charge in [-0.15, -0.1) is 0 Å². The first-order valence-electron chi connectivity index (χ1n) is 4.85. The molecular weight excluding hydrogens is 198 g/mol. The monoisotopic (exact) mass is 217 g/mol. The summed E-state index contributed by atoms with van der Waals surface area (Å²) in [6.45, 7) is 6.53. The van der Waals surface area contributed by atoms with Crippen LogP contribution in [-0.4, -0.2) is 37.2 Å². The first-order valence-corrected chi connectivity index (χ1v) is 4.85. The van der Waals surface area contributed by atoms with Crippen LogP contribution in [0.3, 0.4) is 0 Å². The van der Waals surface area contributed by atoms with Crippen molar-refractivity contribution in [1.29, 1.82) is 0 Å². The van der Waals surface area contributed by atoms with Crippen molar-refractivity contribution in [2.24, 2.45) is 5.73 Å². The van der Waals surface area contributed by atoms with Gasteiger partial charge >= 0.3 is 6.09 Å². The molecule has 2 amide bonds. The molecule has 0 spiro atoms. The number of rotatable bonds is 6. The molecular formula is C9H19N3O3. The van der Waals surface area contributed by atoms with Crippen LogP contribution in [-0.2, 0) is 9.53 Å². The fraction of sp³-hybridized carbons (Fsp3) is 0.778. The predicted octanol–water partition coefficient (Wildman–Crippen LogP) is -0.414. The maximum Gasteiger partial charge on any atom is 0.404 e. The van der Waals surface area contributed by atoms with Crippen LogP contribution in [0.2, 0.25) is 0 Å². The summed E-state index contributed by atoms with van der Waals surface area (Å²) in [5.74, 6) is -0.141. The molecule has 0 aromatic carbocycles. The topological polar surface area (TPSA) is 93.4 Å². The molecule has 0 atom stereocenters. The number of nitrogens with one attached hydrogen (secondary N) is 2. The Morgan fingerprint density at radius 2 is 2.00 bits per heavy atom. The average Bonchev–Trinajstić information content (AvgIpc) is 2.11. The van der Waals surface area contributed by atoms with Gasteiger partial charge in [0.25, 0.3) is 0 Å². The molecule has 0 saturated carbocycles. The van der Waals surface area contributed by atoms with E-state index in [0.29, 0.717) is 6.54 Å². The van der Waals surface area contributed by atoms with Crippen LogP contribution in [0.25, 0.3) is 0 Å². The van der Waals surface area contributed by atoms with Crippen LogP contribution in [0.15, 0.2) is 0 Å². The Morgan fingerprint density at radius 3 is 2.47 bits per heavy atom. The zero-order chi connectivity index (χ0) is 11.9. The molecule has 0 aliphatic heterocycles. The fourth-order valence-electron chi connectivity index (χ4n) is 1.06. The predicted molar refractivity (Wildman–Crippen MR) is 56.3 cm³/mol. The highest BCUT2D eigenvalue weighted by Gasteiger charge is 2.25. The van der Waals surface area contributed by atoms with E-state index in [1.807, 2.05) is 6.92 Å². The van der Waals surface area contributed by atoms with E-state index in [2.05, 4.69) is 15.4 Å². The number of nitrogens with two attached hydrogens (primary N) is 1. The smallest absolute Gasteiger partial charge is 0.404 e. The Balaban J connectivity index is 3.78. The van der Waals surface area contributed by atoms with Crippen molar-refractivity contribution < 1.29 is 14.3 Å². The van der Waals surface area contributed by atoms with E-state index < -0.39 is 11.6 Å². The van der Waals surface area contributed by atoms with Gasteiger partial charge in [0, 0.05) is 0 Å². The second-order valence-corrected chi connectivity index (χ2v) is 3.58. The van der Waals surface area contributed by atoms with Gasteiger partial charge in [-0.1, -0.05) is 6.92 Å². The molecule has 0 unspecified atom stereocenters. The SMILES string of the molecule is CCNC(C)(C)C(=O)NCCOC(N)=O. The van der Waals surface area contributed by atoms with Crippen molar-refractivity contribution in [3.63, 3.8) is 0 Å². The summed E-state index contributed by atoms with van der Waals surface area (Å²) in [7, 11) is 0. The van der Waals surface area contributed by atoms with Gasteiger partial charge in [0.15, 0.2) is 0 Å². The molecule has 0 saturated heterocycles. The first-order chi connectivity index (χ1) is 6.90. The molecule has 6 nitrogen and oxygen atoms in total. The number of ether oxygens (including phenoxy) is 1. The van der Waals surface area contributed by atoms with Crippen molar-refractivity contribution in [1.82, 2.24) is 10.6 Å². The normalized spacial score (nSPS) is 10.9. The third-order valence-electron chi connectivity index (χ3n) is 1.82. The highest BCUT2D eigenvalue weighted by molar-refractivity contribution is 5.85. The minimum Gasteiger partial charge on any atom is -0.448 e. The van der Waals surface area contributed by atoms with Crippen LogP contribution >= 0.6 is 0 Å². The molecule has 0 fully saturated rings. The van der Waals surface area contributed by atoms with Crippen LogP contribution < -0.4 is 16.4 Å². The lowest BCUT2D eigenvalue weighted by atomic mass is 10.1. The number of hydrogen-bond donors (Lipinski definition) is 3. The summed E-state index contributed by atoms with van der Waals surface area (Å²) in [6.07, 6.45) is -0.838. The number of hydrogen-bond acceptors (Lipinski definition) is 4. The standard InChI is InChI=1S/C9H19N3O3/c1-4-12-9(2,3)7(13)11-5-6-15-8(10)14/h12H,4-6H2,1-3H3,(H2,10,14)(H,11,13). The zero-order valence-electron chi connectivity index (χ0n) is 9.42. The van der Waals surface area contributed by atoms with Crippen molar-refractivity contribution in [2.75, 3.05) is 19.7 Å². The maximum atomic E-state index is 11.6. The average molecular weight is 217 g/mol. The van der Waals surface area contributed by atoms with Gasteiger partial charge in [0.05, 0.1) is 12.1 Å². The number of likely N-dealkylation sites (N-methyl/N-ethyl adjacent to an activating group) is 1. The number of amides is 2. The largest absolute Gasteiger partial charge is 0.448 e. The summed E-state index contributed by atoms with van der Waals surface area (Å²) in [5, 5.41) is 5.66. The Kier molecular flexibility index (Phi) is 5.69. The van der Waals surface area contributed by atoms with E-state index in [4.69, 9.17) is 5.73 Å². The summed E-state index contributed by atoms with van der Waals surface area (Å²) in [4.78, 5) is 21.8. The number of carbonyl (C=O) groups excluding carboxylic acids is 2. The minimum absolute atomic E-state index is 0.0866. The Labute approximate surface area is 89.5 Å². The molecule has 4 N–H and O–H groups in total. The van der Waals surface area contributed by atoms with Crippen LogP contribution in [0.4, 0.5) is 4.79 Å². The van der Waals surface area contributed by atoms with E-state index in [9.17, 15) is 9.59 Å². The van der Waals surface area contributed by atoms with Gasteiger partial charge < -0.3 is 21.1 Å². The van der Waals surface area contributed by atoms with E-state index in [-0.39, 0.29) is 19.1 Å². The molecule has 0 aliphatic rings. The van der Waals surface area contributed by atoms with Crippen molar-refractivity contribution in [2.45, 2.75) is 26.3 Å². The molecule has 6 heteroatoms.